The molecule has 2 saturated heterocycles. The zero-order valence-electron chi connectivity index (χ0n) is 19.9. The van der Waals surface area contributed by atoms with Crippen molar-refractivity contribution in [3.63, 3.8) is 0 Å². The van der Waals surface area contributed by atoms with Crippen molar-refractivity contribution < 1.29 is 14.4 Å². The van der Waals surface area contributed by atoms with Crippen LogP contribution in [0.2, 0.25) is 0 Å². The number of nitrogens with one attached hydrogen (secondary N) is 3. The number of amides is 3. The summed E-state index contributed by atoms with van der Waals surface area (Å²) in [6, 6.07) is 13.7. The first kappa shape index (κ1) is 24.4. The number of carbonyl (C=O) groups is 3. The van der Waals surface area contributed by atoms with Gasteiger partial charge in [-0.1, -0.05) is 12.1 Å². The molecule has 3 amide bonds. The van der Waals surface area contributed by atoms with E-state index in [1.807, 2.05) is 31.2 Å². The van der Waals surface area contributed by atoms with Crippen molar-refractivity contribution in [3.8, 4) is 0 Å². The van der Waals surface area contributed by atoms with Gasteiger partial charge in [-0.05, 0) is 69.3 Å². The molecule has 0 bridgehead atoms. The first-order chi connectivity index (χ1) is 16.8. The molecule has 2 fully saturated rings. The van der Waals surface area contributed by atoms with Gasteiger partial charge in [-0.2, -0.15) is 0 Å². The Bertz CT molecular complexity index is 1110. The highest BCUT2D eigenvalue weighted by atomic mass is 16.2. The van der Waals surface area contributed by atoms with Crippen molar-refractivity contribution in [1.29, 1.82) is 5.41 Å². The Morgan fingerprint density at radius 3 is 2.49 bits per heavy atom. The number of benzene rings is 2. The molecule has 9 heteroatoms. The SMILES string of the molecule is CC(C(=O)Nc1ccc(N2CC(CNC(=O)c3cccc(C(=N)N)c3)CC2=O)cc1)N1CCCC1. The van der Waals surface area contributed by atoms with Crippen LogP contribution in [0.3, 0.4) is 0 Å². The number of hydrogen-bond acceptors (Lipinski definition) is 5. The molecule has 0 aliphatic carbocycles. The molecule has 2 unspecified atom stereocenters. The third-order valence-corrected chi connectivity index (χ3v) is 6.71. The largest absolute Gasteiger partial charge is 0.384 e. The lowest BCUT2D eigenvalue weighted by Crippen LogP contribution is -2.40. The number of nitrogen functional groups attached to an aromatic ring is 1. The number of hydrogen-bond donors (Lipinski definition) is 4. The topological polar surface area (TPSA) is 132 Å². The van der Waals surface area contributed by atoms with Gasteiger partial charge in [0.1, 0.15) is 5.84 Å². The fraction of sp³-hybridized carbons (Fsp3) is 0.385. The van der Waals surface area contributed by atoms with Crippen LogP contribution in [0.25, 0.3) is 0 Å². The van der Waals surface area contributed by atoms with E-state index in [9.17, 15) is 14.4 Å². The number of anilines is 2. The fourth-order valence-corrected chi connectivity index (χ4v) is 4.60. The highest BCUT2D eigenvalue weighted by Crippen LogP contribution is 2.26. The molecule has 0 saturated carbocycles. The molecule has 2 atom stereocenters. The molecule has 4 rings (SSSR count). The summed E-state index contributed by atoms with van der Waals surface area (Å²) in [7, 11) is 0. The van der Waals surface area contributed by atoms with Crippen LogP contribution in [0.5, 0.6) is 0 Å². The second kappa shape index (κ2) is 10.7. The summed E-state index contributed by atoms with van der Waals surface area (Å²) in [5.74, 6) is -0.391. The van der Waals surface area contributed by atoms with Gasteiger partial charge in [0, 0.05) is 47.9 Å². The molecule has 5 N–H and O–H groups in total. The van der Waals surface area contributed by atoms with Gasteiger partial charge in [-0.3, -0.25) is 24.7 Å². The van der Waals surface area contributed by atoms with Gasteiger partial charge >= 0.3 is 0 Å². The van der Waals surface area contributed by atoms with E-state index in [1.165, 1.54) is 0 Å². The van der Waals surface area contributed by atoms with Gasteiger partial charge in [-0.15, -0.1) is 0 Å². The van der Waals surface area contributed by atoms with Gasteiger partial charge in [-0.25, -0.2) is 0 Å². The summed E-state index contributed by atoms with van der Waals surface area (Å²) >= 11 is 0. The fourth-order valence-electron chi connectivity index (χ4n) is 4.60. The molecule has 2 aliphatic heterocycles. The molecule has 184 valence electrons. The zero-order valence-corrected chi connectivity index (χ0v) is 19.9. The number of amidine groups is 1. The molecule has 2 aromatic carbocycles. The quantitative estimate of drug-likeness (QED) is 0.343. The summed E-state index contributed by atoms with van der Waals surface area (Å²) < 4.78 is 0. The van der Waals surface area contributed by atoms with E-state index in [0.29, 0.717) is 36.3 Å². The minimum atomic E-state index is -0.262. The van der Waals surface area contributed by atoms with Gasteiger partial charge in [0.2, 0.25) is 11.8 Å². The number of nitrogens with two attached hydrogens (primary N) is 1. The maximum absolute atomic E-state index is 12.6. The van der Waals surface area contributed by atoms with Gasteiger partial charge < -0.3 is 21.3 Å². The molecule has 0 radical (unpaired) electrons. The Kier molecular flexibility index (Phi) is 7.45. The normalized spacial score (nSPS) is 18.9. The highest BCUT2D eigenvalue weighted by molar-refractivity contribution is 6.00. The van der Waals surface area contributed by atoms with E-state index in [4.69, 9.17) is 11.1 Å². The van der Waals surface area contributed by atoms with Crippen LogP contribution in [0, 0.1) is 11.3 Å². The van der Waals surface area contributed by atoms with Gasteiger partial charge in [0.05, 0.1) is 6.04 Å². The minimum Gasteiger partial charge on any atom is -0.384 e. The summed E-state index contributed by atoms with van der Waals surface area (Å²) in [5.41, 5.74) is 7.89. The predicted molar refractivity (Wildman–Crippen MR) is 136 cm³/mol. The monoisotopic (exact) mass is 476 g/mol. The first-order valence-electron chi connectivity index (χ1n) is 12.0. The van der Waals surface area contributed by atoms with Crippen LogP contribution < -0.4 is 21.3 Å². The number of nitrogens with zero attached hydrogens (tertiary/aromatic N) is 2. The summed E-state index contributed by atoms with van der Waals surface area (Å²) in [5, 5.41) is 13.4. The summed E-state index contributed by atoms with van der Waals surface area (Å²) in [4.78, 5) is 41.6. The third-order valence-electron chi connectivity index (χ3n) is 6.71. The second-order valence-electron chi connectivity index (χ2n) is 9.23. The highest BCUT2D eigenvalue weighted by Gasteiger charge is 2.31. The lowest BCUT2D eigenvalue weighted by molar-refractivity contribution is -0.120. The lowest BCUT2D eigenvalue weighted by atomic mass is 10.1. The van der Waals surface area contributed by atoms with E-state index in [1.54, 1.807) is 29.2 Å². The van der Waals surface area contributed by atoms with Crippen LogP contribution in [-0.2, 0) is 9.59 Å². The average molecular weight is 477 g/mol. The molecular formula is C26H32N6O3. The molecular weight excluding hydrogens is 444 g/mol. The third kappa shape index (κ3) is 5.86. The Morgan fingerprint density at radius 2 is 1.80 bits per heavy atom. The lowest BCUT2D eigenvalue weighted by Gasteiger charge is -2.23. The maximum atomic E-state index is 12.6. The van der Waals surface area contributed by atoms with Gasteiger partial charge in [0.15, 0.2) is 0 Å². The van der Waals surface area contributed by atoms with Crippen LogP contribution in [0.4, 0.5) is 11.4 Å². The molecule has 2 aliphatic rings. The Balaban J connectivity index is 1.29. The Hall–Kier alpha value is -3.72. The van der Waals surface area contributed by atoms with Crippen molar-refractivity contribution in [2.75, 3.05) is 36.4 Å². The summed E-state index contributed by atoms with van der Waals surface area (Å²) in [6.07, 6.45) is 2.61. The molecule has 2 heterocycles. The van der Waals surface area contributed by atoms with E-state index in [2.05, 4.69) is 15.5 Å². The van der Waals surface area contributed by atoms with E-state index in [0.717, 1.165) is 31.6 Å². The van der Waals surface area contributed by atoms with Crippen LogP contribution >= 0.6 is 0 Å². The maximum Gasteiger partial charge on any atom is 0.251 e. The van der Waals surface area contributed by atoms with Crippen molar-refractivity contribution in [2.24, 2.45) is 11.7 Å². The standard InChI is InChI=1S/C26H32N6O3/c1-17(31-11-2-3-12-31)25(34)30-21-7-9-22(10-8-21)32-16-18(13-23(32)33)15-29-26(35)20-6-4-5-19(14-20)24(27)28/h4-10,14,17-18H,2-3,11-13,15-16H2,1H3,(H3,27,28)(H,29,35)(H,30,34). The van der Waals surface area contributed by atoms with E-state index >= 15 is 0 Å². The molecule has 0 aromatic heterocycles. The van der Waals surface area contributed by atoms with E-state index < -0.39 is 0 Å². The minimum absolute atomic E-state index is 0.00210. The summed E-state index contributed by atoms with van der Waals surface area (Å²) in [6.45, 7) is 4.71. The van der Waals surface area contributed by atoms with Gasteiger partial charge in [0.25, 0.3) is 5.91 Å². The van der Waals surface area contributed by atoms with E-state index in [-0.39, 0.29) is 35.5 Å². The number of likely N-dealkylation sites (tertiary alicyclic amines) is 1. The second-order valence-corrected chi connectivity index (χ2v) is 9.23. The smallest absolute Gasteiger partial charge is 0.251 e. The Morgan fingerprint density at radius 1 is 1.11 bits per heavy atom. The van der Waals surface area contributed by atoms with Crippen molar-refractivity contribution in [3.05, 3.63) is 59.7 Å². The first-order valence-corrected chi connectivity index (χ1v) is 12.0. The number of carbonyl (C=O) groups excluding carboxylic acids is 3. The molecule has 35 heavy (non-hydrogen) atoms. The molecule has 2 aromatic rings. The Labute approximate surface area is 205 Å². The van der Waals surface area contributed by atoms with Crippen molar-refractivity contribution in [2.45, 2.75) is 32.2 Å². The van der Waals surface area contributed by atoms with Crippen LogP contribution in [0.15, 0.2) is 48.5 Å². The number of rotatable bonds is 8. The molecule has 0 spiro atoms. The zero-order chi connectivity index (χ0) is 24.9. The van der Waals surface area contributed by atoms with Crippen LogP contribution in [0.1, 0.15) is 42.1 Å². The van der Waals surface area contributed by atoms with Crippen molar-refractivity contribution >= 4 is 34.9 Å². The van der Waals surface area contributed by atoms with Crippen molar-refractivity contribution in [1.82, 2.24) is 10.2 Å². The predicted octanol–water partition coefficient (Wildman–Crippen LogP) is 2.18. The molecule has 9 nitrogen and oxygen atoms in total. The average Bonchev–Trinajstić information content (AvgIpc) is 3.52. The van der Waals surface area contributed by atoms with Crippen LogP contribution in [-0.4, -0.2) is 60.7 Å².